The Hall–Kier alpha value is -1.11. The molecule has 0 aliphatic carbocycles. The van der Waals surface area contributed by atoms with Gasteiger partial charge in [-0.3, -0.25) is 0 Å². The second kappa shape index (κ2) is 5.71. The van der Waals surface area contributed by atoms with E-state index in [1.807, 2.05) is 18.9 Å². The molecule has 112 valence electrons. The lowest BCUT2D eigenvalue weighted by molar-refractivity contribution is 0.0790. The van der Waals surface area contributed by atoms with Gasteiger partial charge in [0.1, 0.15) is 0 Å². The molecule has 0 radical (unpaired) electrons. The van der Waals surface area contributed by atoms with Crippen molar-refractivity contribution in [2.75, 3.05) is 5.73 Å². The highest BCUT2D eigenvalue weighted by atomic mass is 32.2. The van der Waals surface area contributed by atoms with Gasteiger partial charge in [-0.05, 0) is 51.3 Å². The fourth-order valence-corrected chi connectivity index (χ4v) is 4.21. The van der Waals surface area contributed by atoms with Crippen molar-refractivity contribution in [3.63, 3.8) is 0 Å². The molecule has 3 N–H and O–H groups in total. The summed E-state index contributed by atoms with van der Waals surface area (Å²) in [5.41, 5.74) is 6.86. The maximum atomic E-state index is 12.6. The first-order chi connectivity index (χ1) is 9.31. The number of sulfonamides is 1. The molecule has 1 aromatic carbocycles. The van der Waals surface area contributed by atoms with Crippen LogP contribution in [-0.4, -0.2) is 25.5 Å². The largest absolute Gasteiger partial charge is 0.399 e. The Balaban J connectivity index is 2.28. The van der Waals surface area contributed by atoms with E-state index in [4.69, 9.17) is 5.73 Å². The van der Waals surface area contributed by atoms with Gasteiger partial charge in [-0.2, -0.15) is 0 Å². The van der Waals surface area contributed by atoms with E-state index in [2.05, 4.69) is 4.83 Å². The van der Waals surface area contributed by atoms with Crippen LogP contribution in [0.3, 0.4) is 0 Å². The molecule has 1 aliphatic heterocycles. The summed E-state index contributed by atoms with van der Waals surface area (Å²) in [5, 5.41) is 1.85. The van der Waals surface area contributed by atoms with Gasteiger partial charge in [-0.15, -0.1) is 4.83 Å². The standard InChI is InChI=1S/C14H23N3O2S/c1-10-7-8-13(15)9-14(10)20(18,19)16-17-11(2)5-4-6-12(17)3/h7-9,11-12,16H,4-6,15H2,1-3H3. The van der Waals surface area contributed by atoms with E-state index < -0.39 is 10.0 Å². The van der Waals surface area contributed by atoms with Gasteiger partial charge in [-0.25, -0.2) is 13.4 Å². The third kappa shape index (κ3) is 3.13. The molecule has 1 aliphatic rings. The molecule has 0 amide bonds. The van der Waals surface area contributed by atoms with Crippen LogP contribution in [0.5, 0.6) is 0 Å². The fraction of sp³-hybridized carbons (Fsp3) is 0.571. The summed E-state index contributed by atoms with van der Waals surface area (Å²) in [6.07, 6.45) is 3.14. The highest BCUT2D eigenvalue weighted by Gasteiger charge is 2.29. The molecule has 6 heteroatoms. The Morgan fingerprint density at radius 3 is 2.45 bits per heavy atom. The number of hydrogen-bond donors (Lipinski definition) is 2. The number of anilines is 1. The zero-order chi connectivity index (χ0) is 14.9. The minimum absolute atomic E-state index is 0.204. The number of piperidine rings is 1. The number of hydrazine groups is 1. The smallest absolute Gasteiger partial charge is 0.253 e. The molecule has 1 saturated heterocycles. The average molecular weight is 297 g/mol. The molecule has 0 bridgehead atoms. The van der Waals surface area contributed by atoms with Crippen LogP contribution in [0.2, 0.25) is 0 Å². The van der Waals surface area contributed by atoms with Crippen molar-refractivity contribution in [3.05, 3.63) is 23.8 Å². The number of nitrogen functional groups attached to an aromatic ring is 1. The predicted molar refractivity (Wildman–Crippen MR) is 80.5 cm³/mol. The van der Waals surface area contributed by atoms with Crippen molar-refractivity contribution in [2.45, 2.75) is 57.0 Å². The second-order valence-corrected chi connectivity index (χ2v) is 7.29. The van der Waals surface area contributed by atoms with Gasteiger partial charge >= 0.3 is 0 Å². The Morgan fingerprint density at radius 1 is 1.25 bits per heavy atom. The SMILES string of the molecule is Cc1ccc(N)cc1S(=O)(=O)NN1C(C)CCCC1C. The van der Waals surface area contributed by atoms with E-state index in [-0.39, 0.29) is 17.0 Å². The van der Waals surface area contributed by atoms with E-state index in [0.717, 1.165) is 19.3 Å². The molecule has 1 fully saturated rings. The van der Waals surface area contributed by atoms with Crippen LogP contribution in [0, 0.1) is 6.92 Å². The summed E-state index contributed by atoms with van der Waals surface area (Å²) in [6, 6.07) is 5.36. The van der Waals surface area contributed by atoms with Crippen LogP contribution >= 0.6 is 0 Å². The quantitative estimate of drug-likeness (QED) is 0.837. The number of nitrogens with two attached hydrogens (primary N) is 1. The summed E-state index contributed by atoms with van der Waals surface area (Å²) in [6.45, 7) is 5.87. The zero-order valence-electron chi connectivity index (χ0n) is 12.3. The van der Waals surface area contributed by atoms with Gasteiger partial charge in [0, 0.05) is 17.8 Å². The lowest BCUT2D eigenvalue weighted by Gasteiger charge is -2.38. The Labute approximate surface area is 121 Å². The van der Waals surface area contributed by atoms with E-state index in [0.29, 0.717) is 11.3 Å². The first-order valence-corrected chi connectivity index (χ1v) is 8.46. The van der Waals surface area contributed by atoms with Gasteiger partial charge in [0.15, 0.2) is 0 Å². The molecule has 0 spiro atoms. The van der Waals surface area contributed by atoms with Crippen LogP contribution in [0.1, 0.15) is 38.7 Å². The zero-order valence-corrected chi connectivity index (χ0v) is 13.1. The summed E-state index contributed by atoms with van der Waals surface area (Å²) in [5.74, 6) is 0. The van der Waals surface area contributed by atoms with Crippen LogP contribution in [-0.2, 0) is 10.0 Å². The summed E-state index contributed by atoms with van der Waals surface area (Å²) < 4.78 is 25.1. The van der Waals surface area contributed by atoms with Crippen LogP contribution in [0.25, 0.3) is 0 Å². The van der Waals surface area contributed by atoms with Crippen LogP contribution < -0.4 is 10.6 Å². The molecular weight excluding hydrogens is 274 g/mol. The number of aryl methyl sites for hydroxylation is 1. The van der Waals surface area contributed by atoms with Crippen LogP contribution in [0.4, 0.5) is 5.69 Å². The van der Waals surface area contributed by atoms with Gasteiger partial charge in [-0.1, -0.05) is 12.5 Å². The summed E-state index contributed by atoms with van der Waals surface area (Å²) in [4.78, 5) is 2.98. The normalized spacial score (nSPS) is 24.8. The number of benzene rings is 1. The van der Waals surface area contributed by atoms with Crippen molar-refractivity contribution in [1.82, 2.24) is 9.84 Å². The molecule has 2 unspecified atom stereocenters. The average Bonchev–Trinajstić information content (AvgIpc) is 2.37. The van der Waals surface area contributed by atoms with Crippen molar-refractivity contribution in [1.29, 1.82) is 0 Å². The van der Waals surface area contributed by atoms with E-state index in [9.17, 15) is 8.42 Å². The maximum absolute atomic E-state index is 12.6. The van der Waals surface area contributed by atoms with Crippen LogP contribution in [0.15, 0.2) is 23.1 Å². The van der Waals surface area contributed by atoms with E-state index in [1.54, 1.807) is 19.1 Å². The molecule has 0 saturated carbocycles. The molecule has 1 heterocycles. The Morgan fingerprint density at radius 2 is 1.85 bits per heavy atom. The molecule has 2 atom stereocenters. The monoisotopic (exact) mass is 297 g/mol. The fourth-order valence-electron chi connectivity index (χ4n) is 2.70. The molecule has 0 aromatic heterocycles. The Kier molecular flexibility index (Phi) is 4.36. The van der Waals surface area contributed by atoms with Crippen molar-refractivity contribution in [3.8, 4) is 0 Å². The van der Waals surface area contributed by atoms with E-state index >= 15 is 0 Å². The first kappa shape index (κ1) is 15.3. The van der Waals surface area contributed by atoms with E-state index in [1.165, 1.54) is 6.07 Å². The molecule has 5 nitrogen and oxygen atoms in total. The lowest BCUT2D eigenvalue weighted by atomic mass is 10.0. The van der Waals surface area contributed by atoms with Gasteiger partial charge in [0.25, 0.3) is 10.0 Å². The van der Waals surface area contributed by atoms with Crippen molar-refractivity contribution in [2.24, 2.45) is 0 Å². The predicted octanol–water partition coefficient (Wildman–Crippen LogP) is 2.03. The number of nitrogens with one attached hydrogen (secondary N) is 1. The third-order valence-electron chi connectivity index (χ3n) is 3.92. The number of rotatable bonds is 3. The minimum atomic E-state index is -3.58. The van der Waals surface area contributed by atoms with Gasteiger partial charge in [0.05, 0.1) is 4.90 Å². The van der Waals surface area contributed by atoms with Gasteiger partial charge in [0.2, 0.25) is 0 Å². The maximum Gasteiger partial charge on any atom is 0.253 e. The highest BCUT2D eigenvalue weighted by Crippen LogP contribution is 2.23. The minimum Gasteiger partial charge on any atom is -0.399 e. The second-order valence-electron chi connectivity index (χ2n) is 5.66. The number of nitrogens with zero attached hydrogens (tertiary/aromatic N) is 1. The van der Waals surface area contributed by atoms with Gasteiger partial charge < -0.3 is 5.73 Å². The molecule has 2 rings (SSSR count). The topological polar surface area (TPSA) is 75.4 Å². The first-order valence-electron chi connectivity index (χ1n) is 6.98. The lowest BCUT2D eigenvalue weighted by Crippen LogP contribution is -2.54. The highest BCUT2D eigenvalue weighted by molar-refractivity contribution is 7.89. The third-order valence-corrected chi connectivity index (χ3v) is 5.39. The summed E-state index contributed by atoms with van der Waals surface area (Å²) >= 11 is 0. The molecule has 1 aromatic rings. The summed E-state index contributed by atoms with van der Waals surface area (Å²) in [7, 11) is -3.58. The van der Waals surface area contributed by atoms with Crippen molar-refractivity contribution < 1.29 is 8.42 Å². The number of hydrogen-bond acceptors (Lipinski definition) is 4. The Bertz CT molecular complexity index is 576. The molecular formula is C14H23N3O2S. The molecule has 20 heavy (non-hydrogen) atoms. The van der Waals surface area contributed by atoms with Crippen molar-refractivity contribution >= 4 is 15.7 Å².